The summed E-state index contributed by atoms with van der Waals surface area (Å²) in [6.45, 7) is 10.2. The fourth-order valence-electron chi connectivity index (χ4n) is 3.10. The predicted octanol–water partition coefficient (Wildman–Crippen LogP) is 2.54. The molecule has 2 N–H and O–H groups in total. The summed E-state index contributed by atoms with van der Waals surface area (Å²) < 4.78 is 4.14. The lowest BCUT2D eigenvalue weighted by Crippen LogP contribution is -2.39. The maximum absolute atomic E-state index is 4.74. The van der Waals surface area contributed by atoms with Gasteiger partial charge in [-0.1, -0.05) is 13.0 Å². The van der Waals surface area contributed by atoms with Gasteiger partial charge in [-0.25, -0.2) is 4.99 Å². The number of nitrogens with zero attached hydrogens (tertiary/aromatic N) is 6. The van der Waals surface area contributed by atoms with Crippen molar-refractivity contribution < 1.29 is 0 Å². The van der Waals surface area contributed by atoms with Crippen LogP contribution in [-0.4, -0.2) is 43.6 Å². The summed E-state index contributed by atoms with van der Waals surface area (Å²) in [5.41, 5.74) is 2.27. The van der Waals surface area contributed by atoms with Gasteiger partial charge in [0, 0.05) is 43.2 Å². The van der Waals surface area contributed by atoms with Crippen LogP contribution in [0.5, 0.6) is 0 Å². The van der Waals surface area contributed by atoms with Gasteiger partial charge in [-0.05, 0) is 37.8 Å². The van der Waals surface area contributed by atoms with Crippen molar-refractivity contribution in [2.24, 2.45) is 4.99 Å². The molecule has 0 aliphatic carbocycles. The largest absolute Gasteiger partial charge is 0.356 e. The van der Waals surface area contributed by atoms with Crippen LogP contribution in [0.25, 0.3) is 0 Å². The van der Waals surface area contributed by atoms with Crippen LogP contribution in [0.3, 0.4) is 0 Å². The van der Waals surface area contributed by atoms with Crippen LogP contribution >= 0.6 is 11.3 Å². The molecule has 3 rings (SSSR count). The van der Waals surface area contributed by atoms with E-state index in [1.807, 2.05) is 6.92 Å². The quantitative estimate of drug-likeness (QED) is 0.303. The Morgan fingerprint density at radius 2 is 2.07 bits per heavy atom. The average molecular weight is 415 g/mol. The van der Waals surface area contributed by atoms with Gasteiger partial charge in [-0.3, -0.25) is 4.68 Å². The number of thiophene rings is 1. The SMILES string of the molecule is CCc1nncn1CCNC(=NCc1cccs1)NCCCn1nc(C)cc1C. The molecule has 0 aliphatic rings. The molecule has 0 radical (unpaired) electrons. The number of hydrogen-bond acceptors (Lipinski definition) is 5. The third-order valence-corrected chi connectivity index (χ3v) is 5.43. The van der Waals surface area contributed by atoms with E-state index in [1.54, 1.807) is 17.7 Å². The third kappa shape index (κ3) is 6.42. The molecule has 0 aliphatic heterocycles. The van der Waals surface area contributed by atoms with Crippen LogP contribution in [0.4, 0.5) is 0 Å². The highest BCUT2D eigenvalue weighted by atomic mass is 32.1. The summed E-state index contributed by atoms with van der Waals surface area (Å²) in [4.78, 5) is 5.99. The third-order valence-electron chi connectivity index (χ3n) is 4.57. The Balaban J connectivity index is 1.50. The summed E-state index contributed by atoms with van der Waals surface area (Å²) in [5, 5.41) is 21.6. The molecule has 0 spiro atoms. The Morgan fingerprint density at radius 3 is 2.79 bits per heavy atom. The predicted molar refractivity (Wildman–Crippen MR) is 117 cm³/mol. The highest BCUT2D eigenvalue weighted by molar-refractivity contribution is 7.09. The van der Waals surface area contributed by atoms with E-state index in [-0.39, 0.29) is 0 Å². The summed E-state index contributed by atoms with van der Waals surface area (Å²) in [6, 6.07) is 6.28. The van der Waals surface area contributed by atoms with E-state index in [4.69, 9.17) is 4.99 Å². The monoisotopic (exact) mass is 414 g/mol. The number of aryl methyl sites for hydroxylation is 4. The molecule has 0 saturated carbocycles. The van der Waals surface area contributed by atoms with E-state index >= 15 is 0 Å². The van der Waals surface area contributed by atoms with Crippen molar-refractivity contribution >= 4 is 17.3 Å². The van der Waals surface area contributed by atoms with Gasteiger partial charge >= 0.3 is 0 Å². The number of hydrogen-bond donors (Lipinski definition) is 2. The molecule has 0 saturated heterocycles. The summed E-state index contributed by atoms with van der Waals surface area (Å²) in [6.07, 6.45) is 3.64. The minimum Gasteiger partial charge on any atom is -0.356 e. The Bertz CT molecular complexity index is 894. The zero-order valence-corrected chi connectivity index (χ0v) is 18.2. The first kappa shape index (κ1) is 21.0. The van der Waals surface area contributed by atoms with Crippen molar-refractivity contribution in [3.63, 3.8) is 0 Å². The smallest absolute Gasteiger partial charge is 0.191 e. The molecule has 0 unspecified atom stereocenters. The normalized spacial score (nSPS) is 11.8. The van der Waals surface area contributed by atoms with Crippen molar-refractivity contribution in [2.75, 3.05) is 13.1 Å². The first-order valence-corrected chi connectivity index (χ1v) is 11.0. The van der Waals surface area contributed by atoms with Crippen molar-refractivity contribution in [1.82, 2.24) is 35.2 Å². The van der Waals surface area contributed by atoms with Gasteiger partial charge in [0.05, 0.1) is 12.2 Å². The molecule has 0 aromatic carbocycles. The number of rotatable bonds is 10. The molecule has 0 fully saturated rings. The van der Waals surface area contributed by atoms with E-state index in [0.29, 0.717) is 6.54 Å². The van der Waals surface area contributed by atoms with Gasteiger partial charge in [0.2, 0.25) is 0 Å². The maximum atomic E-state index is 4.74. The van der Waals surface area contributed by atoms with Crippen LogP contribution in [0.1, 0.15) is 35.4 Å². The van der Waals surface area contributed by atoms with Crippen LogP contribution in [-0.2, 0) is 26.1 Å². The van der Waals surface area contributed by atoms with Gasteiger partial charge in [-0.2, -0.15) is 5.10 Å². The second-order valence-electron chi connectivity index (χ2n) is 6.90. The van der Waals surface area contributed by atoms with Gasteiger partial charge < -0.3 is 15.2 Å². The fourth-order valence-corrected chi connectivity index (χ4v) is 3.73. The van der Waals surface area contributed by atoms with Crippen LogP contribution < -0.4 is 10.6 Å². The zero-order chi connectivity index (χ0) is 20.5. The summed E-state index contributed by atoms with van der Waals surface area (Å²) in [7, 11) is 0. The second kappa shape index (κ2) is 10.8. The van der Waals surface area contributed by atoms with E-state index < -0.39 is 0 Å². The van der Waals surface area contributed by atoms with Crippen molar-refractivity contribution in [3.05, 3.63) is 52.0 Å². The fraction of sp³-hybridized carbons (Fsp3) is 0.500. The molecule has 0 amide bonds. The molecular weight excluding hydrogens is 384 g/mol. The van der Waals surface area contributed by atoms with E-state index in [2.05, 4.69) is 72.6 Å². The average Bonchev–Trinajstić information content (AvgIpc) is 3.44. The first-order valence-electron chi connectivity index (χ1n) is 10.1. The highest BCUT2D eigenvalue weighted by Gasteiger charge is 2.04. The molecule has 0 atom stereocenters. The minimum absolute atomic E-state index is 0.678. The lowest BCUT2D eigenvalue weighted by molar-refractivity contribution is 0.553. The number of nitrogens with one attached hydrogen (secondary N) is 2. The summed E-state index contributed by atoms with van der Waals surface area (Å²) >= 11 is 1.73. The maximum Gasteiger partial charge on any atom is 0.191 e. The van der Waals surface area contributed by atoms with E-state index in [1.165, 1.54) is 10.6 Å². The van der Waals surface area contributed by atoms with Crippen molar-refractivity contribution in [2.45, 2.75) is 53.2 Å². The molecule has 0 bridgehead atoms. The van der Waals surface area contributed by atoms with E-state index in [9.17, 15) is 0 Å². The Morgan fingerprint density at radius 1 is 1.21 bits per heavy atom. The molecule has 3 aromatic heterocycles. The molecule has 156 valence electrons. The van der Waals surface area contributed by atoms with Crippen LogP contribution in [0.2, 0.25) is 0 Å². The lowest BCUT2D eigenvalue weighted by atomic mass is 10.4. The topological polar surface area (TPSA) is 85.0 Å². The molecule has 9 heteroatoms. The first-order chi connectivity index (χ1) is 14.2. The molecular formula is C20H30N8S. The molecule has 3 aromatic rings. The number of aromatic nitrogens is 5. The number of guanidine groups is 1. The van der Waals surface area contributed by atoms with Crippen LogP contribution in [0, 0.1) is 13.8 Å². The van der Waals surface area contributed by atoms with Gasteiger partial charge in [0.25, 0.3) is 0 Å². The van der Waals surface area contributed by atoms with Gasteiger partial charge in [-0.15, -0.1) is 21.5 Å². The molecule has 29 heavy (non-hydrogen) atoms. The van der Waals surface area contributed by atoms with Gasteiger partial charge in [0.1, 0.15) is 12.2 Å². The Hall–Kier alpha value is -2.68. The number of aliphatic imine (C=N–C) groups is 1. The van der Waals surface area contributed by atoms with Crippen molar-refractivity contribution in [3.8, 4) is 0 Å². The Labute approximate surface area is 176 Å². The Kier molecular flexibility index (Phi) is 7.80. The highest BCUT2D eigenvalue weighted by Crippen LogP contribution is 2.09. The zero-order valence-electron chi connectivity index (χ0n) is 17.4. The standard InChI is InChI=1S/C20H30N8S/c1-4-19-25-24-15-27(19)11-9-22-20(23-14-18-7-5-12-29-18)21-8-6-10-28-17(3)13-16(2)26-28/h5,7,12-13,15H,4,6,8-11,14H2,1-3H3,(H2,21,22,23). The minimum atomic E-state index is 0.678. The summed E-state index contributed by atoms with van der Waals surface area (Å²) in [5.74, 6) is 1.83. The second-order valence-corrected chi connectivity index (χ2v) is 7.93. The van der Waals surface area contributed by atoms with Gasteiger partial charge in [0.15, 0.2) is 5.96 Å². The van der Waals surface area contributed by atoms with E-state index in [0.717, 1.165) is 56.5 Å². The lowest BCUT2D eigenvalue weighted by Gasteiger charge is -2.13. The molecule has 3 heterocycles. The van der Waals surface area contributed by atoms with Crippen LogP contribution in [0.15, 0.2) is 34.9 Å². The molecule has 8 nitrogen and oxygen atoms in total. The van der Waals surface area contributed by atoms with Crippen molar-refractivity contribution in [1.29, 1.82) is 0 Å².